The first-order valence-corrected chi connectivity index (χ1v) is 18.3. The topological polar surface area (TPSA) is 82.8 Å². The van der Waals surface area contributed by atoms with Crippen LogP contribution < -0.4 is 5.32 Å². The van der Waals surface area contributed by atoms with Crippen molar-refractivity contribution < 1.29 is 19.1 Å². The second-order valence-corrected chi connectivity index (χ2v) is 14.2. The van der Waals surface area contributed by atoms with E-state index in [0.717, 1.165) is 50.5 Å². The van der Waals surface area contributed by atoms with Gasteiger partial charge in [-0.2, -0.15) is 11.8 Å². The highest BCUT2D eigenvalue weighted by Gasteiger charge is 2.24. The third-order valence-electron chi connectivity index (χ3n) is 8.50. The number of nitrogens with one attached hydrogen (secondary N) is 1. The fourth-order valence-electron chi connectivity index (χ4n) is 5.75. The largest absolute Gasteiger partial charge is 0.480 e. The van der Waals surface area contributed by atoms with Gasteiger partial charge in [0.2, 0.25) is 0 Å². The van der Waals surface area contributed by atoms with Gasteiger partial charge in [0.15, 0.2) is 0 Å². The van der Waals surface area contributed by atoms with Gasteiger partial charge in [-0.25, -0.2) is 4.79 Å². The number of amides is 1. The van der Waals surface area contributed by atoms with Crippen molar-refractivity contribution in [3.05, 3.63) is 130 Å². The summed E-state index contributed by atoms with van der Waals surface area (Å²) < 4.78 is 6.57. The fourth-order valence-corrected chi connectivity index (χ4v) is 6.47. The van der Waals surface area contributed by atoms with Gasteiger partial charge in [-0.1, -0.05) is 65.7 Å². The Morgan fingerprint density at radius 3 is 2.10 bits per heavy atom. The van der Waals surface area contributed by atoms with E-state index in [0.29, 0.717) is 40.9 Å². The second-order valence-electron chi connectivity index (χ2n) is 12.3. The molecule has 0 fully saturated rings. The SMILES string of the molecule is CSCC[C@H](NC(=O)c1ccc(CN(Cc2cc(-c3ccc(Cl)cc3)c(-c3ccc(Cl)cc3)o2)C(C)C)cc1-c1ccccc1C)C(=O)O. The molecule has 4 aromatic carbocycles. The molecule has 6 nitrogen and oxygen atoms in total. The molecule has 1 atom stereocenters. The van der Waals surface area contributed by atoms with Crippen molar-refractivity contribution in [3.8, 4) is 33.6 Å². The Hall–Kier alpha value is -4.01. The smallest absolute Gasteiger partial charge is 0.326 e. The second kappa shape index (κ2) is 16.6. The van der Waals surface area contributed by atoms with Crippen LogP contribution in [0.15, 0.2) is 101 Å². The van der Waals surface area contributed by atoms with E-state index < -0.39 is 17.9 Å². The van der Waals surface area contributed by atoms with Gasteiger partial charge in [-0.05, 0) is 122 Å². The highest BCUT2D eigenvalue weighted by Crippen LogP contribution is 2.37. The summed E-state index contributed by atoms with van der Waals surface area (Å²) in [4.78, 5) is 27.8. The van der Waals surface area contributed by atoms with Crippen molar-refractivity contribution in [2.75, 3.05) is 12.0 Å². The van der Waals surface area contributed by atoms with Crippen molar-refractivity contribution in [1.29, 1.82) is 0 Å². The Kier molecular flexibility index (Phi) is 12.3. The van der Waals surface area contributed by atoms with Crippen molar-refractivity contribution in [3.63, 3.8) is 0 Å². The number of carboxylic acids is 1. The highest BCUT2D eigenvalue weighted by atomic mass is 35.5. The molecule has 0 bridgehead atoms. The van der Waals surface area contributed by atoms with Gasteiger partial charge in [0, 0.05) is 39.3 Å². The average Bonchev–Trinajstić information content (AvgIpc) is 3.50. The molecule has 0 radical (unpaired) electrons. The van der Waals surface area contributed by atoms with E-state index in [1.54, 1.807) is 11.8 Å². The van der Waals surface area contributed by atoms with Crippen molar-refractivity contribution >= 4 is 46.8 Å². The number of halogens is 2. The van der Waals surface area contributed by atoms with Crippen LogP contribution in [0.2, 0.25) is 10.0 Å². The van der Waals surface area contributed by atoms with Crippen LogP contribution >= 0.6 is 35.0 Å². The van der Waals surface area contributed by atoms with Gasteiger partial charge in [0.1, 0.15) is 17.6 Å². The lowest BCUT2D eigenvalue weighted by Gasteiger charge is -2.26. The molecule has 49 heavy (non-hydrogen) atoms. The van der Waals surface area contributed by atoms with Gasteiger partial charge < -0.3 is 14.8 Å². The Bertz CT molecular complexity index is 1840. The van der Waals surface area contributed by atoms with E-state index >= 15 is 0 Å². The van der Waals surface area contributed by atoms with E-state index in [-0.39, 0.29) is 6.04 Å². The van der Waals surface area contributed by atoms with Crippen molar-refractivity contribution in [2.45, 2.75) is 52.4 Å². The van der Waals surface area contributed by atoms with Crippen LogP contribution in [-0.4, -0.2) is 46.0 Å². The van der Waals surface area contributed by atoms with E-state index in [1.165, 1.54) is 0 Å². The van der Waals surface area contributed by atoms with Crippen LogP contribution in [-0.2, 0) is 17.9 Å². The maximum Gasteiger partial charge on any atom is 0.326 e. The number of carbonyl (C=O) groups is 2. The molecule has 254 valence electrons. The van der Waals surface area contributed by atoms with E-state index in [9.17, 15) is 14.7 Å². The predicted molar refractivity (Wildman–Crippen MR) is 202 cm³/mol. The number of furan rings is 1. The number of carboxylic acid groups (broad SMARTS) is 1. The van der Waals surface area contributed by atoms with Gasteiger partial charge in [-0.3, -0.25) is 9.69 Å². The van der Waals surface area contributed by atoms with Crippen LogP contribution in [0.5, 0.6) is 0 Å². The molecule has 0 spiro atoms. The molecule has 0 unspecified atom stereocenters. The third-order valence-corrected chi connectivity index (χ3v) is 9.65. The van der Waals surface area contributed by atoms with Gasteiger partial charge >= 0.3 is 5.97 Å². The van der Waals surface area contributed by atoms with Crippen LogP contribution in [0.3, 0.4) is 0 Å². The van der Waals surface area contributed by atoms with Crippen LogP contribution in [0, 0.1) is 6.92 Å². The number of carbonyl (C=O) groups excluding carboxylic acids is 1. The molecular formula is C40H40Cl2N2O4S. The van der Waals surface area contributed by atoms with Gasteiger partial charge in [-0.15, -0.1) is 0 Å². The number of aliphatic carboxylic acids is 1. The first-order chi connectivity index (χ1) is 23.5. The molecule has 2 N–H and O–H groups in total. The first kappa shape index (κ1) is 36.3. The van der Waals surface area contributed by atoms with Gasteiger partial charge in [0.05, 0.1) is 6.54 Å². The molecule has 5 rings (SSSR count). The molecule has 1 amide bonds. The summed E-state index contributed by atoms with van der Waals surface area (Å²) in [5.74, 6) is 0.749. The Labute approximate surface area is 302 Å². The molecule has 1 heterocycles. The number of hydrogen-bond acceptors (Lipinski definition) is 5. The van der Waals surface area contributed by atoms with Crippen LogP contribution in [0.4, 0.5) is 0 Å². The standard InChI is InChI=1S/C40H40Cl2N2O4S/c1-25(2)44(24-32-22-35(28-10-14-30(41)15-11-28)38(48-32)29-12-16-31(42)17-13-29)23-27-9-18-34(36(21-27)33-8-6-5-7-26(33)3)39(45)43-37(40(46)47)19-20-49-4/h5-18,21-22,25,37H,19-20,23-24H2,1-4H3,(H,43,45)(H,46,47)/t37-/m0/s1. The van der Waals surface area contributed by atoms with E-state index in [2.05, 4.69) is 30.1 Å². The number of thioether (sulfide) groups is 1. The summed E-state index contributed by atoms with van der Waals surface area (Å²) >= 11 is 14.0. The summed E-state index contributed by atoms with van der Waals surface area (Å²) in [5.41, 5.74) is 7.05. The zero-order chi connectivity index (χ0) is 35.1. The molecule has 0 aliphatic heterocycles. The molecule has 0 saturated heterocycles. The fraction of sp³-hybridized carbons (Fsp3) is 0.250. The van der Waals surface area contributed by atoms with Crippen molar-refractivity contribution in [2.24, 2.45) is 0 Å². The summed E-state index contributed by atoms with van der Waals surface area (Å²) in [6, 6.07) is 30.3. The quantitative estimate of drug-likeness (QED) is 0.119. The lowest BCUT2D eigenvalue weighted by atomic mass is 9.93. The maximum atomic E-state index is 13.6. The Balaban J connectivity index is 1.47. The van der Waals surface area contributed by atoms with Crippen LogP contribution in [0.25, 0.3) is 33.6 Å². The predicted octanol–water partition coefficient (Wildman–Crippen LogP) is 10.2. The average molecular weight is 716 g/mol. The molecule has 0 aliphatic rings. The minimum absolute atomic E-state index is 0.167. The summed E-state index contributed by atoms with van der Waals surface area (Å²) in [5, 5.41) is 13.8. The van der Waals surface area contributed by atoms with E-state index in [4.69, 9.17) is 27.6 Å². The normalized spacial score (nSPS) is 12.0. The molecule has 1 aromatic heterocycles. The molecule has 5 aromatic rings. The maximum absolute atomic E-state index is 13.6. The number of nitrogens with zero attached hydrogens (tertiary/aromatic N) is 1. The zero-order valence-corrected chi connectivity index (χ0v) is 30.3. The highest BCUT2D eigenvalue weighted by molar-refractivity contribution is 7.98. The molecule has 9 heteroatoms. The summed E-state index contributed by atoms with van der Waals surface area (Å²) in [7, 11) is 0. The Morgan fingerprint density at radius 2 is 1.49 bits per heavy atom. The number of aryl methyl sites for hydroxylation is 1. The lowest BCUT2D eigenvalue weighted by Crippen LogP contribution is -2.41. The first-order valence-electron chi connectivity index (χ1n) is 16.1. The Morgan fingerprint density at radius 1 is 0.837 bits per heavy atom. The lowest BCUT2D eigenvalue weighted by molar-refractivity contribution is -0.139. The number of rotatable bonds is 14. The monoisotopic (exact) mass is 714 g/mol. The minimum Gasteiger partial charge on any atom is -0.480 e. The van der Waals surface area contributed by atoms with Crippen LogP contribution in [0.1, 0.15) is 47.5 Å². The zero-order valence-electron chi connectivity index (χ0n) is 28.0. The van der Waals surface area contributed by atoms with Crippen molar-refractivity contribution in [1.82, 2.24) is 10.2 Å². The van der Waals surface area contributed by atoms with Gasteiger partial charge in [0.25, 0.3) is 5.91 Å². The molecular weight excluding hydrogens is 675 g/mol. The number of hydrogen-bond donors (Lipinski definition) is 2. The van der Waals surface area contributed by atoms with E-state index in [1.807, 2.05) is 104 Å². The minimum atomic E-state index is -1.04. The third kappa shape index (κ3) is 9.17. The summed E-state index contributed by atoms with van der Waals surface area (Å²) in [6.45, 7) is 7.44. The molecule has 0 saturated carbocycles. The molecule has 0 aliphatic carbocycles. The number of benzene rings is 4. The summed E-state index contributed by atoms with van der Waals surface area (Å²) in [6.07, 6.45) is 2.26.